The molecule has 4 rings (SSSR count). The smallest absolute Gasteiger partial charge is 0.183 e. The lowest BCUT2D eigenvalue weighted by molar-refractivity contribution is 1.23. The topological polar surface area (TPSA) is 231 Å². The number of nitrogen functional groups attached to an aromatic ring is 5. The summed E-state index contributed by atoms with van der Waals surface area (Å²) in [7, 11) is 0. The Balaban J connectivity index is 2.39. The molecule has 0 bridgehead atoms. The van der Waals surface area contributed by atoms with Gasteiger partial charge in [-0.25, -0.2) is 29.9 Å². The Hall–Kier alpha value is -4.27. The highest BCUT2D eigenvalue weighted by molar-refractivity contribution is 6.19. The molecule has 0 aliphatic rings. The molecule has 3 aromatic heterocycles. The van der Waals surface area contributed by atoms with Gasteiger partial charge in [-0.2, -0.15) is 5.26 Å². The predicted octanol–water partition coefficient (Wildman–Crippen LogP) is -0.701. The molecule has 0 radical (unpaired) electrons. The molecule has 0 aliphatic heterocycles. The number of hydrogen-bond donors (Lipinski definition) is 5. The van der Waals surface area contributed by atoms with Crippen LogP contribution in [0.15, 0.2) is 0 Å². The Kier molecular flexibility index (Phi) is 2.64. The first-order chi connectivity index (χ1) is 11.9. The average Bonchev–Trinajstić information content (AvgIpc) is 2.58. The van der Waals surface area contributed by atoms with Crippen LogP contribution in [0.25, 0.3) is 33.1 Å². The normalized spacial score (nSPS) is 11.2. The molecule has 0 amide bonds. The molecule has 0 unspecified atom stereocenters. The molecule has 4 aromatic rings. The van der Waals surface area contributed by atoms with Gasteiger partial charge < -0.3 is 28.7 Å². The van der Waals surface area contributed by atoms with Crippen molar-refractivity contribution in [3.63, 3.8) is 0 Å². The van der Waals surface area contributed by atoms with E-state index in [-0.39, 0.29) is 67.9 Å². The molecule has 122 valence electrons. The molecule has 10 N–H and O–H groups in total. The first-order valence-electron chi connectivity index (χ1n) is 6.85. The van der Waals surface area contributed by atoms with Crippen molar-refractivity contribution in [2.24, 2.45) is 0 Å². The summed E-state index contributed by atoms with van der Waals surface area (Å²) in [5.74, 6) is -0.0330. The maximum atomic E-state index is 9.16. The summed E-state index contributed by atoms with van der Waals surface area (Å²) >= 11 is 0. The van der Waals surface area contributed by atoms with Gasteiger partial charge in [0.2, 0.25) is 0 Å². The van der Waals surface area contributed by atoms with E-state index in [1.807, 2.05) is 6.07 Å². The Morgan fingerprint density at radius 2 is 0.760 bits per heavy atom. The number of aromatic nitrogens is 6. The number of anilines is 5. The number of benzene rings is 1. The van der Waals surface area contributed by atoms with Gasteiger partial charge in [-0.1, -0.05) is 0 Å². The minimum Gasteiger partial charge on any atom is -0.381 e. The Morgan fingerprint density at radius 3 is 1.08 bits per heavy atom. The molecule has 0 aliphatic carbocycles. The van der Waals surface area contributed by atoms with Crippen molar-refractivity contribution < 1.29 is 0 Å². The Labute approximate surface area is 138 Å². The van der Waals surface area contributed by atoms with Crippen LogP contribution in [-0.4, -0.2) is 29.9 Å². The van der Waals surface area contributed by atoms with Crippen molar-refractivity contribution >= 4 is 62.2 Å². The zero-order valence-electron chi connectivity index (χ0n) is 12.5. The van der Waals surface area contributed by atoms with Crippen LogP contribution in [0, 0.1) is 11.3 Å². The van der Waals surface area contributed by atoms with Gasteiger partial charge in [0, 0.05) is 0 Å². The molecule has 0 saturated heterocycles. The highest BCUT2D eigenvalue weighted by Crippen LogP contribution is 2.32. The maximum Gasteiger partial charge on any atom is 0.183 e. The summed E-state index contributed by atoms with van der Waals surface area (Å²) in [6, 6.07) is 1.86. The number of nitrogens with zero attached hydrogens (tertiary/aromatic N) is 7. The highest BCUT2D eigenvalue weighted by atomic mass is 15.0. The monoisotopic (exact) mass is 334 g/mol. The van der Waals surface area contributed by atoms with Gasteiger partial charge in [-0.15, -0.1) is 0 Å². The van der Waals surface area contributed by atoms with Crippen molar-refractivity contribution in [2.45, 2.75) is 0 Å². The van der Waals surface area contributed by atoms with E-state index in [1.54, 1.807) is 0 Å². The summed E-state index contributed by atoms with van der Waals surface area (Å²) in [5.41, 5.74) is 30.3. The van der Waals surface area contributed by atoms with Gasteiger partial charge in [0.05, 0.1) is 0 Å². The van der Waals surface area contributed by atoms with Crippen LogP contribution in [0.1, 0.15) is 5.69 Å². The molecule has 1 aromatic carbocycles. The van der Waals surface area contributed by atoms with Crippen molar-refractivity contribution in [2.75, 3.05) is 28.7 Å². The number of hydrogen-bond acceptors (Lipinski definition) is 12. The molecular formula is C13H10N12. The second-order valence-corrected chi connectivity index (χ2v) is 5.15. The SMILES string of the molecule is N#Cc1nc2c3nc(N)c(N)nc3c3nc(N)c(N)nc3c2nc1N. The van der Waals surface area contributed by atoms with Crippen LogP contribution in [0.4, 0.5) is 29.1 Å². The second-order valence-electron chi connectivity index (χ2n) is 5.15. The molecule has 0 atom stereocenters. The largest absolute Gasteiger partial charge is 0.381 e. The molecule has 25 heavy (non-hydrogen) atoms. The lowest BCUT2D eigenvalue weighted by Gasteiger charge is -2.10. The van der Waals surface area contributed by atoms with Crippen LogP contribution >= 0.6 is 0 Å². The summed E-state index contributed by atoms with van der Waals surface area (Å²) < 4.78 is 0. The third-order valence-corrected chi connectivity index (χ3v) is 3.60. The van der Waals surface area contributed by atoms with E-state index in [1.165, 1.54) is 0 Å². The first-order valence-corrected chi connectivity index (χ1v) is 6.85. The summed E-state index contributed by atoms with van der Waals surface area (Å²) in [6.07, 6.45) is 0. The van der Waals surface area contributed by atoms with Crippen molar-refractivity contribution in [1.82, 2.24) is 29.9 Å². The van der Waals surface area contributed by atoms with Gasteiger partial charge in [0.15, 0.2) is 34.8 Å². The minimum absolute atomic E-state index is 0.00154. The molecule has 12 nitrogen and oxygen atoms in total. The second kappa shape index (κ2) is 4.61. The molecule has 0 saturated carbocycles. The summed E-state index contributed by atoms with van der Waals surface area (Å²) in [4.78, 5) is 25.3. The fourth-order valence-electron chi connectivity index (χ4n) is 2.44. The summed E-state index contributed by atoms with van der Waals surface area (Å²) in [5, 5.41) is 9.16. The molecule has 3 heterocycles. The molecular weight excluding hydrogens is 324 g/mol. The van der Waals surface area contributed by atoms with E-state index in [0.717, 1.165) is 0 Å². The quantitative estimate of drug-likeness (QED) is 0.251. The van der Waals surface area contributed by atoms with Gasteiger partial charge in [-0.05, 0) is 0 Å². The lowest BCUT2D eigenvalue weighted by Crippen LogP contribution is -2.08. The number of fused-ring (bicyclic) bond motifs is 6. The van der Waals surface area contributed by atoms with Crippen LogP contribution in [0.2, 0.25) is 0 Å². The average molecular weight is 334 g/mol. The van der Waals surface area contributed by atoms with Gasteiger partial charge in [0.1, 0.15) is 39.2 Å². The fourth-order valence-corrected chi connectivity index (χ4v) is 2.44. The first kappa shape index (κ1) is 14.3. The fraction of sp³-hybridized carbons (Fsp3) is 0. The third kappa shape index (κ3) is 1.86. The number of nitrogens with two attached hydrogens (primary N) is 5. The van der Waals surface area contributed by atoms with Gasteiger partial charge >= 0.3 is 0 Å². The van der Waals surface area contributed by atoms with Crippen molar-refractivity contribution in [1.29, 1.82) is 5.26 Å². The molecule has 0 spiro atoms. The molecule has 12 heteroatoms. The maximum absolute atomic E-state index is 9.16. The highest BCUT2D eigenvalue weighted by Gasteiger charge is 2.20. The van der Waals surface area contributed by atoms with E-state index in [4.69, 9.17) is 33.9 Å². The number of rotatable bonds is 0. The lowest BCUT2D eigenvalue weighted by atomic mass is 10.2. The number of nitriles is 1. The Morgan fingerprint density at radius 1 is 0.480 bits per heavy atom. The van der Waals surface area contributed by atoms with E-state index in [9.17, 15) is 0 Å². The van der Waals surface area contributed by atoms with Crippen molar-refractivity contribution in [3.05, 3.63) is 5.69 Å². The van der Waals surface area contributed by atoms with Crippen molar-refractivity contribution in [3.8, 4) is 6.07 Å². The predicted molar refractivity (Wildman–Crippen MR) is 92.5 cm³/mol. The standard InChI is InChI=1S/C13H10N12/c14-1-2-9(15)21-4-3(20-2)5-7(24-11(17)10(16)22-5)8-6(4)23-12(18)13(19)25-8/h(H2,15,21)(H2,16,22)(H2,17,24)(H2,18,23)(H2,19,25). The van der Waals surface area contributed by atoms with Gasteiger partial charge in [-0.3, -0.25) is 0 Å². The van der Waals surface area contributed by atoms with Crippen LogP contribution in [0.5, 0.6) is 0 Å². The zero-order chi connectivity index (χ0) is 17.9. The van der Waals surface area contributed by atoms with E-state index >= 15 is 0 Å². The third-order valence-electron chi connectivity index (χ3n) is 3.60. The molecule has 0 fully saturated rings. The van der Waals surface area contributed by atoms with Crippen LogP contribution in [-0.2, 0) is 0 Å². The van der Waals surface area contributed by atoms with E-state index < -0.39 is 0 Å². The van der Waals surface area contributed by atoms with Crippen LogP contribution < -0.4 is 28.7 Å². The minimum atomic E-state index is -0.0678. The van der Waals surface area contributed by atoms with E-state index in [2.05, 4.69) is 29.9 Å². The van der Waals surface area contributed by atoms with E-state index in [0.29, 0.717) is 0 Å². The Bertz CT molecular complexity index is 1220. The summed E-state index contributed by atoms with van der Waals surface area (Å²) in [6.45, 7) is 0. The zero-order valence-corrected chi connectivity index (χ0v) is 12.5. The van der Waals surface area contributed by atoms with Gasteiger partial charge in [0.25, 0.3) is 0 Å². The van der Waals surface area contributed by atoms with Crippen LogP contribution in [0.3, 0.4) is 0 Å².